The van der Waals surface area contributed by atoms with Crippen molar-refractivity contribution in [2.24, 2.45) is 5.41 Å². The first-order chi connectivity index (χ1) is 7.49. The van der Waals surface area contributed by atoms with Crippen LogP contribution >= 0.6 is 0 Å². The van der Waals surface area contributed by atoms with E-state index in [0.29, 0.717) is 0 Å². The molecule has 0 atom stereocenters. The number of hydrogen-bond donors (Lipinski definition) is 0. The van der Waals surface area contributed by atoms with Crippen molar-refractivity contribution < 1.29 is 0 Å². The van der Waals surface area contributed by atoms with Gasteiger partial charge in [0.25, 0.3) is 0 Å². The molecule has 0 fully saturated rings. The fourth-order valence-electron chi connectivity index (χ4n) is 1.83. The molecule has 86 valence electrons. The maximum atomic E-state index is 4.38. The van der Waals surface area contributed by atoms with Gasteiger partial charge < -0.3 is 4.57 Å². The van der Waals surface area contributed by atoms with Crippen LogP contribution in [0.4, 0.5) is 0 Å². The Bertz CT molecular complexity index is 491. The van der Waals surface area contributed by atoms with Crippen LogP contribution in [-0.2, 0) is 13.0 Å². The summed E-state index contributed by atoms with van der Waals surface area (Å²) in [7, 11) is 0. The predicted molar refractivity (Wildman–Crippen MR) is 66.4 cm³/mol. The lowest BCUT2D eigenvalue weighted by atomic mass is 9.97. The first-order valence-electron chi connectivity index (χ1n) is 5.79. The SMILES string of the molecule is CCc1cc2c(cn1)ncn2CC(C)(C)C. The van der Waals surface area contributed by atoms with Gasteiger partial charge >= 0.3 is 0 Å². The second kappa shape index (κ2) is 3.89. The van der Waals surface area contributed by atoms with Crippen LogP contribution in [0, 0.1) is 5.41 Å². The number of aryl methyl sites for hydroxylation is 1. The monoisotopic (exact) mass is 217 g/mol. The van der Waals surface area contributed by atoms with Crippen LogP contribution in [0.25, 0.3) is 11.0 Å². The third-order valence-electron chi connectivity index (χ3n) is 2.57. The first kappa shape index (κ1) is 11.1. The fourth-order valence-corrected chi connectivity index (χ4v) is 1.83. The molecule has 2 heterocycles. The molecule has 2 aromatic rings. The number of aromatic nitrogens is 3. The average Bonchev–Trinajstić information content (AvgIpc) is 2.58. The Morgan fingerprint density at radius 2 is 2.00 bits per heavy atom. The molecule has 0 unspecified atom stereocenters. The van der Waals surface area contributed by atoms with Gasteiger partial charge in [-0.15, -0.1) is 0 Å². The molecule has 0 saturated carbocycles. The van der Waals surface area contributed by atoms with E-state index in [1.54, 1.807) is 0 Å². The molecule has 2 aromatic heterocycles. The van der Waals surface area contributed by atoms with Crippen LogP contribution in [-0.4, -0.2) is 14.5 Å². The van der Waals surface area contributed by atoms with Gasteiger partial charge in [0.05, 0.1) is 18.0 Å². The molecule has 0 aliphatic heterocycles. The van der Waals surface area contributed by atoms with Gasteiger partial charge in [0.15, 0.2) is 0 Å². The highest BCUT2D eigenvalue weighted by Crippen LogP contribution is 2.20. The molecule has 0 saturated heterocycles. The predicted octanol–water partition coefficient (Wildman–Crippen LogP) is 3.04. The smallest absolute Gasteiger partial charge is 0.107 e. The zero-order valence-corrected chi connectivity index (χ0v) is 10.5. The van der Waals surface area contributed by atoms with Crippen LogP contribution in [0.3, 0.4) is 0 Å². The highest BCUT2D eigenvalue weighted by atomic mass is 15.1. The molecule has 0 aliphatic rings. The summed E-state index contributed by atoms with van der Waals surface area (Å²) in [5.41, 5.74) is 3.58. The standard InChI is InChI=1S/C13H19N3/c1-5-10-6-12-11(7-14-10)15-9-16(12)8-13(2,3)4/h6-7,9H,5,8H2,1-4H3. The Morgan fingerprint density at radius 1 is 1.25 bits per heavy atom. The second-order valence-corrected chi connectivity index (χ2v) is 5.45. The highest BCUT2D eigenvalue weighted by Gasteiger charge is 2.13. The van der Waals surface area contributed by atoms with E-state index in [2.05, 4.69) is 48.3 Å². The molecular formula is C13H19N3. The number of hydrogen-bond acceptors (Lipinski definition) is 2. The van der Waals surface area contributed by atoms with Gasteiger partial charge in [0, 0.05) is 12.2 Å². The summed E-state index contributed by atoms with van der Waals surface area (Å²) >= 11 is 0. The van der Waals surface area contributed by atoms with Gasteiger partial charge in [-0.05, 0) is 17.9 Å². The van der Waals surface area contributed by atoms with E-state index < -0.39 is 0 Å². The van der Waals surface area contributed by atoms with Crippen LogP contribution in [0.2, 0.25) is 0 Å². The maximum absolute atomic E-state index is 4.38. The van der Waals surface area contributed by atoms with Crippen molar-refractivity contribution in [3.05, 3.63) is 24.3 Å². The molecule has 0 spiro atoms. The molecular weight excluding hydrogens is 198 g/mol. The van der Waals surface area contributed by atoms with E-state index in [1.165, 1.54) is 5.52 Å². The summed E-state index contributed by atoms with van der Waals surface area (Å²) in [6.07, 6.45) is 4.75. The Morgan fingerprint density at radius 3 is 2.62 bits per heavy atom. The largest absolute Gasteiger partial charge is 0.330 e. The Labute approximate surface area is 96.5 Å². The lowest BCUT2D eigenvalue weighted by Crippen LogP contribution is -2.14. The first-order valence-corrected chi connectivity index (χ1v) is 5.79. The van der Waals surface area contributed by atoms with Crippen molar-refractivity contribution in [3.8, 4) is 0 Å². The van der Waals surface area contributed by atoms with Crippen LogP contribution in [0.15, 0.2) is 18.6 Å². The van der Waals surface area contributed by atoms with Crippen LogP contribution in [0.5, 0.6) is 0 Å². The molecule has 0 amide bonds. The number of imidazole rings is 1. The zero-order chi connectivity index (χ0) is 11.8. The van der Waals surface area contributed by atoms with E-state index in [-0.39, 0.29) is 5.41 Å². The molecule has 0 aliphatic carbocycles. The minimum Gasteiger partial charge on any atom is -0.330 e. The van der Waals surface area contributed by atoms with E-state index in [4.69, 9.17) is 0 Å². The quantitative estimate of drug-likeness (QED) is 0.774. The summed E-state index contributed by atoms with van der Waals surface area (Å²) in [4.78, 5) is 8.74. The van der Waals surface area contributed by atoms with Crippen molar-refractivity contribution in [3.63, 3.8) is 0 Å². The number of nitrogens with zero attached hydrogens (tertiary/aromatic N) is 3. The molecule has 2 rings (SSSR count). The molecule has 3 nitrogen and oxygen atoms in total. The van der Waals surface area contributed by atoms with Crippen molar-refractivity contribution in [1.29, 1.82) is 0 Å². The molecule has 0 aromatic carbocycles. The summed E-state index contributed by atoms with van der Waals surface area (Å²) < 4.78 is 2.22. The van der Waals surface area contributed by atoms with Crippen molar-refractivity contribution in [1.82, 2.24) is 14.5 Å². The lowest BCUT2D eigenvalue weighted by molar-refractivity contribution is 0.348. The zero-order valence-electron chi connectivity index (χ0n) is 10.5. The number of fused-ring (bicyclic) bond motifs is 1. The molecule has 16 heavy (non-hydrogen) atoms. The average molecular weight is 217 g/mol. The van der Waals surface area contributed by atoms with Gasteiger partial charge in [0.1, 0.15) is 5.52 Å². The molecule has 3 heteroatoms. The molecule has 0 radical (unpaired) electrons. The van der Waals surface area contributed by atoms with E-state index in [1.807, 2.05) is 12.5 Å². The Hall–Kier alpha value is -1.38. The van der Waals surface area contributed by atoms with Crippen molar-refractivity contribution in [2.45, 2.75) is 40.7 Å². The summed E-state index contributed by atoms with van der Waals surface area (Å²) in [6, 6.07) is 2.15. The number of pyridine rings is 1. The minimum absolute atomic E-state index is 0.267. The fraction of sp³-hybridized carbons (Fsp3) is 0.538. The normalized spacial score (nSPS) is 12.2. The van der Waals surface area contributed by atoms with E-state index in [0.717, 1.165) is 24.2 Å². The summed E-state index contributed by atoms with van der Waals surface area (Å²) in [5, 5.41) is 0. The molecule has 0 bridgehead atoms. The van der Waals surface area contributed by atoms with E-state index in [9.17, 15) is 0 Å². The highest BCUT2D eigenvalue weighted by molar-refractivity contribution is 5.74. The summed E-state index contributed by atoms with van der Waals surface area (Å²) in [6.45, 7) is 9.82. The van der Waals surface area contributed by atoms with Gasteiger partial charge in [-0.25, -0.2) is 4.98 Å². The van der Waals surface area contributed by atoms with Crippen LogP contribution < -0.4 is 0 Å². The number of rotatable bonds is 2. The van der Waals surface area contributed by atoms with Crippen molar-refractivity contribution >= 4 is 11.0 Å². The van der Waals surface area contributed by atoms with Crippen LogP contribution in [0.1, 0.15) is 33.4 Å². The van der Waals surface area contributed by atoms with Gasteiger partial charge in [-0.3, -0.25) is 4.98 Å². The summed E-state index contributed by atoms with van der Waals surface area (Å²) in [5.74, 6) is 0. The van der Waals surface area contributed by atoms with E-state index >= 15 is 0 Å². The Balaban J connectivity index is 2.46. The molecule has 0 N–H and O–H groups in total. The topological polar surface area (TPSA) is 30.7 Å². The third kappa shape index (κ3) is 2.23. The van der Waals surface area contributed by atoms with Gasteiger partial charge in [-0.2, -0.15) is 0 Å². The second-order valence-electron chi connectivity index (χ2n) is 5.45. The Kier molecular flexibility index (Phi) is 2.70. The third-order valence-corrected chi connectivity index (χ3v) is 2.57. The maximum Gasteiger partial charge on any atom is 0.107 e. The minimum atomic E-state index is 0.267. The van der Waals surface area contributed by atoms with Crippen molar-refractivity contribution in [2.75, 3.05) is 0 Å². The van der Waals surface area contributed by atoms with Gasteiger partial charge in [-0.1, -0.05) is 27.7 Å². The lowest BCUT2D eigenvalue weighted by Gasteiger charge is -2.19. The van der Waals surface area contributed by atoms with Gasteiger partial charge in [0.2, 0.25) is 0 Å².